The van der Waals surface area contributed by atoms with Crippen molar-refractivity contribution < 1.29 is 9.13 Å². The van der Waals surface area contributed by atoms with Crippen LogP contribution in [0.3, 0.4) is 0 Å². The second-order valence-electron chi connectivity index (χ2n) is 3.58. The Morgan fingerprint density at radius 3 is 2.78 bits per heavy atom. The first kappa shape index (κ1) is 11.8. The molecule has 0 saturated heterocycles. The first-order valence-electron chi connectivity index (χ1n) is 5.07. The predicted molar refractivity (Wildman–Crippen MR) is 62.4 cm³/mol. The fourth-order valence-corrected chi connectivity index (χ4v) is 1.34. The van der Waals surface area contributed by atoms with E-state index in [-0.39, 0.29) is 17.5 Å². The Labute approximate surface area is 103 Å². The summed E-state index contributed by atoms with van der Waals surface area (Å²) in [6, 6.07) is 7.32. The van der Waals surface area contributed by atoms with Crippen molar-refractivity contribution in [2.75, 3.05) is 5.73 Å². The first-order valence-corrected chi connectivity index (χ1v) is 5.07. The summed E-state index contributed by atoms with van der Waals surface area (Å²) >= 11 is 0. The maximum atomic E-state index is 13.5. The number of nitriles is 1. The molecular formula is C12H9FN4O. The van der Waals surface area contributed by atoms with Gasteiger partial charge in [-0.1, -0.05) is 0 Å². The molecule has 90 valence electrons. The Bertz CT molecular complexity index is 636. The fraction of sp³-hybridized carbons (Fsp3) is 0.0833. The van der Waals surface area contributed by atoms with E-state index in [0.29, 0.717) is 11.4 Å². The molecular weight excluding hydrogens is 235 g/mol. The van der Waals surface area contributed by atoms with Gasteiger partial charge in [0, 0.05) is 17.4 Å². The molecule has 0 spiro atoms. The fourth-order valence-electron chi connectivity index (χ4n) is 1.34. The minimum absolute atomic E-state index is 0.0429. The molecule has 1 aromatic heterocycles. The zero-order valence-electron chi connectivity index (χ0n) is 9.51. The summed E-state index contributed by atoms with van der Waals surface area (Å²) in [4.78, 5) is 7.78. The standard InChI is InChI=1S/C12H9FN4O/c1-7-4-9(6-14)17-12(16-7)18-11-3-2-8(15)5-10(11)13/h2-5H,15H2,1H3. The lowest BCUT2D eigenvalue weighted by Crippen LogP contribution is -1.98. The molecule has 0 aliphatic heterocycles. The lowest BCUT2D eigenvalue weighted by molar-refractivity contribution is 0.409. The number of halogens is 1. The van der Waals surface area contributed by atoms with Crippen molar-refractivity contribution in [1.29, 1.82) is 5.26 Å². The van der Waals surface area contributed by atoms with Crippen LogP contribution in [0.2, 0.25) is 0 Å². The molecule has 5 nitrogen and oxygen atoms in total. The zero-order chi connectivity index (χ0) is 13.1. The molecule has 0 atom stereocenters. The molecule has 6 heteroatoms. The molecule has 0 aliphatic rings. The van der Waals surface area contributed by atoms with Gasteiger partial charge in [0.05, 0.1) is 0 Å². The van der Waals surface area contributed by atoms with Crippen LogP contribution in [0, 0.1) is 24.1 Å². The number of anilines is 1. The lowest BCUT2D eigenvalue weighted by atomic mass is 10.3. The average Bonchev–Trinajstić information content (AvgIpc) is 2.32. The van der Waals surface area contributed by atoms with Crippen LogP contribution in [0.15, 0.2) is 24.3 Å². The summed E-state index contributed by atoms with van der Waals surface area (Å²) < 4.78 is 18.7. The highest BCUT2D eigenvalue weighted by Crippen LogP contribution is 2.23. The van der Waals surface area contributed by atoms with Gasteiger partial charge in [-0.05, 0) is 25.1 Å². The van der Waals surface area contributed by atoms with Crippen LogP contribution in [-0.4, -0.2) is 9.97 Å². The van der Waals surface area contributed by atoms with Gasteiger partial charge in [-0.2, -0.15) is 10.2 Å². The minimum atomic E-state index is -0.612. The molecule has 0 radical (unpaired) electrons. The summed E-state index contributed by atoms with van der Waals surface area (Å²) in [5, 5.41) is 8.76. The van der Waals surface area contributed by atoms with Gasteiger partial charge in [-0.15, -0.1) is 0 Å². The molecule has 0 saturated carbocycles. The number of aromatic nitrogens is 2. The molecule has 2 rings (SSSR count). The summed E-state index contributed by atoms with van der Waals surface area (Å²) in [5.74, 6) is -0.655. The van der Waals surface area contributed by atoms with Crippen molar-refractivity contribution in [2.45, 2.75) is 6.92 Å². The van der Waals surface area contributed by atoms with Crippen LogP contribution in [0.1, 0.15) is 11.4 Å². The molecule has 0 amide bonds. The van der Waals surface area contributed by atoms with Gasteiger partial charge in [0.2, 0.25) is 0 Å². The van der Waals surface area contributed by atoms with Crippen LogP contribution in [-0.2, 0) is 0 Å². The highest BCUT2D eigenvalue weighted by Gasteiger charge is 2.08. The minimum Gasteiger partial charge on any atom is -0.421 e. The van der Waals surface area contributed by atoms with Gasteiger partial charge >= 0.3 is 6.01 Å². The van der Waals surface area contributed by atoms with E-state index < -0.39 is 5.82 Å². The molecule has 0 unspecified atom stereocenters. The van der Waals surface area contributed by atoms with Crippen molar-refractivity contribution in [2.24, 2.45) is 0 Å². The van der Waals surface area contributed by atoms with E-state index in [1.165, 1.54) is 18.2 Å². The van der Waals surface area contributed by atoms with Crippen LogP contribution in [0.4, 0.5) is 10.1 Å². The number of nitrogens with two attached hydrogens (primary N) is 1. The van der Waals surface area contributed by atoms with Crippen LogP contribution < -0.4 is 10.5 Å². The summed E-state index contributed by atoms with van der Waals surface area (Å²) in [6.45, 7) is 1.69. The normalized spacial score (nSPS) is 9.83. The van der Waals surface area contributed by atoms with Crippen molar-refractivity contribution in [3.05, 3.63) is 41.5 Å². The second-order valence-corrected chi connectivity index (χ2v) is 3.58. The monoisotopic (exact) mass is 244 g/mol. The highest BCUT2D eigenvalue weighted by atomic mass is 19.1. The summed E-state index contributed by atoms with van der Waals surface area (Å²) in [7, 11) is 0. The summed E-state index contributed by atoms with van der Waals surface area (Å²) in [6.07, 6.45) is 0. The van der Waals surface area contributed by atoms with Gasteiger partial charge in [-0.3, -0.25) is 0 Å². The third-order valence-electron chi connectivity index (χ3n) is 2.11. The maximum Gasteiger partial charge on any atom is 0.323 e. The zero-order valence-corrected chi connectivity index (χ0v) is 9.51. The third kappa shape index (κ3) is 2.52. The highest BCUT2D eigenvalue weighted by molar-refractivity contribution is 5.43. The van der Waals surface area contributed by atoms with E-state index in [4.69, 9.17) is 15.7 Å². The maximum absolute atomic E-state index is 13.5. The van der Waals surface area contributed by atoms with Gasteiger partial charge in [0.15, 0.2) is 11.6 Å². The summed E-state index contributed by atoms with van der Waals surface area (Å²) in [5.41, 5.74) is 6.44. The molecule has 0 fully saturated rings. The molecule has 1 heterocycles. The van der Waals surface area contributed by atoms with Gasteiger partial charge in [-0.25, -0.2) is 9.37 Å². The van der Waals surface area contributed by atoms with Crippen LogP contribution in [0.25, 0.3) is 0 Å². The number of hydrogen-bond acceptors (Lipinski definition) is 5. The topological polar surface area (TPSA) is 84.8 Å². The van der Waals surface area contributed by atoms with Crippen LogP contribution in [0.5, 0.6) is 11.8 Å². The Hall–Kier alpha value is -2.68. The molecule has 0 aliphatic carbocycles. The number of nitrogen functional groups attached to an aromatic ring is 1. The van der Waals surface area contributed by atoms with Crippen molar-refractivity contribution in [3.63, 3.8) is 0 Å². The quantitative estimate of drug-likeness (QED) is 0.818. The van der Waals surface area contributed by atoms with E-state index in [1.807, 2.05) is 6.07 Å². The Kier molecular flexibility index (Phi) is 3.06. The number of benzene rings is 1. The van der Waals surface area contributed by atoms with Gasteiger partial charge in [0.1, 0.15) is 11.8 Å². The predicted octanol–water partition coefficient (Wildman–Crippen LogP) is 2.17. The molecule has 2 N–H and O–H groups in total. The number of nitrogens with zero attached hydrogens (tertiary/aromatic N) is 3. The van der Waals surface area contributed by atoms with E-state index in [1.54, 1.807) is 6.92 Å². The van der Waals surface area contributed by atoms with Gasteiger partial charge in [0.25, 0.3) is 0 Å². The molecule has 18 heavy (non-hydrogen) atoms. The number of hydrogen-bond donors (Lipinski definition) is 1. The smallest absolute Gasteiger partial charge is 0.323 e. The lowest BCUT2D eigenvalue weighted by Gasteiger charge is -2.06. The van der Waals surface area contributed by atoms with E-state index >= 15 is 0 Å². The average molecular weight is 244 g/mol. The first-order chi connectivity index (χ1) is 8.58. The number of rotatable bonds is 2. The van der Waals surface area contributed by atoms with E-state index in [9.17, 15) is 4.39 Å². The van der Waals surface area contributed by atoms with Crippen molar-refractivity contribution in [1.82, 2.24) is 9.97 Å². The van der Waals surface area contributed by atoms with Crippen LogP contribution >= 0.6 is 0 Å². The number of ether oxygens (including phenoxy) is 1. The molecule has 2 aromatic rings. The Balaban J connectivity index is 2.34. The second kappa shape index (κ2) is 4.67. The molecule has 0 bridgehead atoms. The van der Waals surface area contributed by atoms with E-state index in [2.05, 4.69) is 9.97 Å². The Morgan fingerprint density at radius 2 is 2.11 bits per heavy atom. The van der Waals surface area contributed by atoms with Crippen molar-refractivity contribution in [3.8, 4) is 17.8 Å². The van der Waals surface area contributed by atoms with Gasteiger partial charge < -0.3 is 10.5 Å². The number of aryl methyl sites for hydroxylation is 1. The SMILES string of the molecule is Cc1cc(C#N)nc(Oc2ccc(N)cc2F)n1. The van der Waals surface area contributed by atoms with Crippen molar-refractivity contribution >= 4 is 5.69 Å². The Morgan fingerprint density at radius 1 is 1.33 bits per heavy atom. The van der Waals surface area contributed by atoms with E-state index in [0.717, 1.165) is 6.07 Å². The largest absolute Gasteiger partial charge is 0.421 e. The third-order valence-corrected chi connectivity index (χ3v) is 2.11. The molecule has 1 aromatic carbocycles.